The SMILES string of the molecule is COC(=O)[C@@H](O)[C@](O)(Br)[C@@](O)(OC(C)=O)[C@](O)(OC(C)=O)C(=O)OC(C)=O. The first-order chi connectivity index (χ1) is 12.1. The lowest BCUT2D eigenvalue weighted by atomic mass is 9.94. The number of alkyl halides is 1. The normalized spacial score (nSPS) is 18.6. The van der Waals surface area contributed by atoms with Crippen molar-refractivity contribution < 1.29 is 63.3 Å². The fraction of sp³-hybridized carbons (Fsp3) is 0.615. The summed E-state index contributed by atoms with van der Waals surface area (Å²) in [7, 11) is 0.752. The minimum Gasteiger partial charge on any atom is -0.467 e. The molecule has 0 unspecified atom stereocenters. The van der Waals surface area contributed by atoms with Crippen molar-refractivity contribution in [2.75, 3.05) is 7.11 Å². The van der Waals surface area contributed by atoms with Crippen molar-refractivity contribution >= 4 is 45.8 Å². The molecule has 0 rings (SSSR count). The molecular weight excluding hydrogens is 444 g/mol. The van der Waals surface area contributed by atoms with Crippen molar-refractivity contribution in [2.24, 2.45) is 0 Å². The van der Waals surface area contributed by atoms with Crippen molar-refractivity contribution in [3.8, 4) is 0 Å². The molecule has 0 bridgehead atoms. The van der Waals surface area contributed by atoms with Gasteiger partial charge in [0.2, 0.25) is 4.51 Å². The predicted molar refractivity (Wildman–Crippen MR) is 82.1 cm³/mol. The Hall–Kier alpha value is -2.13. The van der Waals surface area contributed by atoms with Gasteiger partial charge in [0.1, 0.15) is 0 Å². The third-order valence-corrected chi connectivity index (χ3v) is 3.79. The summed E-state index contributed by atoms with van der Waals surface area (Å²) in [5.74, 6) is -16.5. The summed E-state index contributed by atoms with van der Waals surface area (Å²) in [6.07, 6.45) is -2.83. The standard InChI is InChI=1S/C13H17BrO13/c1-5(15)25-10(20)12(22,26-6(2)16)13(23,27-7(3)17)11(14,21)8(18)9(19)24-4/h8,18,21-23H,1-4H3/t8-,11-,12-,13-/m1/s1. The minimum atomic E-state index is -4.14. The molecule has 0 spiro atoms. The van der Waals surface area contributed by atoms with E-state index in [-0.39, 0.29) is 0 Å². The maximum atomic E-state index is 12.1. The van der Waals surface area contributed by atoms with Crippen LogP contribution in [0.25, 0.3) is 0 Å². The highest BCUT2D eigenvalue weighted by Gasteiger charge is 2.75. The Morgan fingerprint density at radius 1 is 0.889 bits per heavy atom. The second-order valence-corrected chi connectivity index (χ2v) is 6.16. The van der Waals surface area contributed by atoms with Crippen LogP contribution in [0.3, 0.4) is 0 Å². The molecule has 0 aromatic rings. The third-order valence-electron chi connectivity index (χ3n) is 2.82. The molecule has 0 aliphatic heterocycles. The molecule has 0 radical (unpaired) electrons. The van der Waals surface area contributed by atoms with Crippen molar-refractivity contribution in [2.45, 2.75) is 43.0 Å². The van der Waals surface area contributed by atoms with Crippen LogP contribution in [0.2, 0.25) is 0 Å². The molecule has 13 nitrogen and oxygen atoms in total. The fourth-order valence-electron chi connectivity index (χ4n) is 1.70. The Morgan fingerprint density at radius 2 is 1.33 bits per heavy atom. The van der Waals surface area contributed by atoms with Crippen LogP contribution in [0, 0.1) is 0 Å². The first-order valence-corrected chi connectivity index (χ1v) is 7.60. The van der Waals surface area contributed by atoms with Gasteiger partial charge in [-0.05, 0) is 15.9 Å². The van der Waals surface area contributed by atoms with E-state index in [1.54, 1.807) is 0 Å². The highest BCUT2D eigenvalue weighted by molar-refractivity contribution is 9.10. The monoisotopic (exact) mass is 460 g/mol. The number of carbonyl (C=O) groups excluding carboxylic acids is 5. The van der Waals surface area contributed by atoms with Gasteiger partial charge in [0.25, 0.3) is 0 Å². The quantitative estimate of drug-likeness (QED) is 0.0996. The third kappa shape index (κ3) is 4.98. The van der Waals surface area contributed by atoms with Crippen LogP contribution in [0.1, 0.15) is 20.8 Å². The van der Waals surface area contributed by atoms with Gasteiger partial charge in [-0.25, -0.2) is 9.59 Å². The number of esters is 5. The first kappa shape index (κ1) is 24.9. The molecule has 0 aromatic heterocycles. The molecule has 154 valence electrons. The van der Waals surface area contributed by atoms with Crippen LogP contribution in [0.5, 0.6) is 0 Å². The summed E-state index contributed by atoms with van der Waals surface area (Å²) in [5.41, 5.74) is 0. The molecule has 14 heteroatoms. The number of methoxy groups -OCH3 is 1. The van der Waals surface area contributed by atoms with Gasteiger partial charge in [0, 0.05) is 20.8 Å². The number of hydrogen-bond donors (Lipinski definition) is 4. The maximum Gasteiger partial charge on any atom is 0.394 e. The summed E-state index contributed by atoms with van der Waals surface area (Å²) in [6.45, 7) is 1.91. The zero-order valence-electron chi connectivity index (χ0n) is 14.4. The Morgan fingerprint density at radius 3 is 1.67 bits per heavy atom. The van der Waals surface area contributed by atoms with Gasteiger partial charge in [0.05, 0.1) is 7.11 Å². The summed E-state index contributed by atoms with van der Waals surface area (Å²) in [5, 5.41) is 41.3. The Labute approximate surface area is 159 Å². The smallest absolute Gasteiger partial charge is 0.394 e. The van der Waals surface area contributed by atoms with E-state index in [0.29, 0.717) is 20.8 Å². The predicted octanol–water partition coefficient (Wildman–Crippen LogP) is -2.80. The van der Waals surface area contributed by atoms with Gasteiger partial charge in [0.15, 0.2) is 6.10 Å². The largest absolute Gasteiger partial charge is 0.467 e. The van der Waals surface area contributed by atoms with Gasteiger partial charge in [-0.1, -0.05) is 0 Å². The van der Waals surface area contributed by atoms with E-state index in [9.17, 15) is 44.4 Å². The van der Waals surface area contributed by atoms with Crippen molar-refractivity contribution in [3.05, 3.63) is 0 Å². The van der Waals surface area contributed by atoms with E-state index in [1.807, 2.05) is 0 Å². The number of hydrogen-bond acceptors (Lipinski definition) is 13. The summed E-state index contributed by atoms with van der Waals surface area (Å²) in [4.78, 5) is 57.3. The zero-order chi connectivity index (χ0) is 21.8. The van der Waals surface area contributed by atoms with Crippen molar-refractivity contribution in [1.29, 1.82) is 0 Å². The maximum absolute atomic E-state index is 12.1. The number of rotatable bonds is 7. The number of carbonyl (C=O) groups is 5. The van der Waals surface area contributed by atoms with E-state index >= 15 is 0 Å². The molecule has 0 fully saturated rings. The van der Waals surface area contributed by atoms with Crippen LogP contribution >= 0.6 is 15.9 Å². The van der Waals surface area contributed by atoms with Gasteiger partial charge in [-0.15, -0.1) is 0 Å². The van der Waals surface area contributed by atoms with E-state index in [1.165, 1.54) is 0 Å². The van der Waals surface area contributed by atoms with E-state index < -0.39 is 52.0 Å². The van der Waals surface area contributed by atoms with Crippen molar-refractivity contribution in [1.82, 2.24) is 0 Å². The molecule has 0 aliphatic rings. The molecule has 0 saturated heterocycles. The van der Waals surface area contributed by atoms with Gasteiger partial charge >= 0.3 is 41.4 Å². The highest BCUT2D eigenvalue weighted by atomic mass is 79.9. The van der Waals surface area contributed by atoms with Crippen LogP contribution in [-0.4, -0.2) is 79.6 Å². The average Bonchev–Trinajstić information content (AvgIpc) is 2.50. The van der Waals surface area contributed by atoms with Crippen LogP contribution in [0.4, 0.5) is 0 Å². The Kier molecular flexibility index (Phi) is 8.02. The second-order valence-electron chi connectivity index (χ2n) is 4.96. The molecule has 0 amide bonds. The van der Waals surface area contributed by atoms with Crippen LogP contribution < -0.4 is 0 Å². The minimum absolute atomic E-state index is 0.614. The highest BCUT2D eigenvalue weighted by Crippen LogP contribution is 2.43. The van der Waals surface area contributed by atoms with E-state index in [2.05, 4.69) is 34.9 Å². The molecule has 4 N–H and O–H groups in total. The molecular formula is C13H17BrO13. The van der Waals surface area contributed by atoms with Gasteiger partial charge in [-0.3, -0.25) is 14.4 Å². The number of aliphatic hydroxyl groups excluding tert-OH is 1. The zero-order valence-corrected chi connectivity index (χ0v) is 16.0. The number of ether oxygens (including phenoxy) is 4. The lowest BCUT2D eigenvalue weighted by Gasteiger charge is -2.45. The Balaban J connectivity index is 6.71. The molecule has 0 saturated carbocycles. The Bertz CT molecular complexity index is 644. The van der Waals surface area contributed by atoms with Crippen LogP contribution in [0.15, 0.2) is 0 Å². The lowest BCUT2D eigenvalue weighted by Crippen LogP contribution is -2.75. The molecule has 0 aromatic carbocycles. The van der Waals surface area contributed by atoms with E-state index in [4.69, 9.17) is 0 Å². The molecule has 0 heterocycles. The van der Waals surface area contributed by atoms with Gasteiger partial charge < -0.3 is 39.4 Å². The van der Waals surface area contributed by atoms with Crippen LogP contribution in [-0.2, 0) is 42.9 Å². The lowest BCUT2D eigenvalue weighted by molar-refractivity contribution is -0.385. The number of aliphatic hydroxyl groups is 4. The fourth-order valence-corrected chi connectivity index (χ4v) is 2.23. The topological polar surface area (TPSA) is 203 Å². The summed E-state index contributed by atoms with van der Waals surface area (Å²) in [6, 6.07) is 0. The summed E-state index contributed by atoms with van der Waals surface area (Å²) < 4.78 is 13.0. The number of halogens is 1. The molecule has 4 atom stereocenters. The van der Waals surface area contributed by atoms with Crippen molar-refractivity contribution in [3.63, 3.8) is 0 Å². The molecule has 0 aliphatic carbocycles. The van der Waals surface area contributed by atoms with Gasteiger partial charge in [-0.2, -0.15) is 0 Å². The summed E-state index contributed by atoms with van der Waals surface area (Å²) >= 11 is 2.23. The average molecular weight is 461 g/mol. The van der Waals surface area contributed by atoms with E-state index in [0.717, 1.165) is 7.11 Å². The second kappa shape index (κ2) is 8.71. The first-order valence-electron chi connectivity index (χ1n) is 6.80. The molecule has 27 heavy (non-hydrogen) atoms.